The van der Waals surface area contributed by atoms with Crippen LogP contribution >= 0.6 is 11.3 Å². The lowest BCUT2D eigenvalue weighted by molar-refractivity contribution is -0.125. The number of amides is 1. The predicted octanol–water partition coefficient (Wildman–Crippen LogP) is 2.83. The Labute approximate surface area is 169 Å². The number of hydrogen-bond donors (Lipinski definition) is 0. The van der Waals surface area contributed by atoms with Gasteiger partial charge in [0.05, 0.1) is 31.1 Å². The van der Waals surface area contributed by atoms with Crippen molar-refractivity contribution in [1.29, 1.82) is 0 Å². The molecule has 2 aromatic heterocycles. The van der Waals surface area contributed by atoms with E-state index in [1.165, 1.54) is 10.6 Å². The average molecular weight is 405 g/mol. The number of hydrogen-bond acceptors (Lipinski definition) is 6. The van der Waals surface area contributed by atoms with Gasteiger partial charge in [-0.1, -0.05) is 6.42 Å². The molecule has 28 heavy (non-hydrogen) atoms. The first-order valence-corrected chi connectivity index (χ1v) is 10.8. The minimum atomic E-state index is -0.00885. The van der Waals surface area contributed by atoms with Crippen LogP contribution in [0.2, 0.25) is 0 Å². The SMILES string of the molecule is COCCN(C(=O)[C@H]1CCC[C@@H](OC)C1)c1nc2c(s1)CCc1c-2cnn1C. The normalized spacial score (nSPS) is 21.2. The van der Waals surface area contributed by atoms with Gasteiger partial charge in [-0.15, -0.1) is 11.3 Å². The molecule has 2 aliphatic carbocycles. The van der Waals surface area contributed by atoms with Crippen molar-refractivity contribution in [3.63, 3.8) is 0 Å². The minimum absolute atomic E-state index is 0.00885. The molecule has 0 saturated heterocycles. The van der Waals surface area contributed by atoms with Crippen LogP contribution in [0, 0.1) is 5.92 Å². The molecular formula is C20H28N4O3S. The lowest BCUT2D eigenvalue weighted by Gasteiger charge is -2.31. The number of thiazole rings is 1. The van der Waals surface area contributed by atoms with E-state index in [1.54, 1.807) is 25.6 Å². The Kier molecular flexibility index (Phi) is 5.80. The summed E-state index contributed by atoms with van der Waals surface area (Å²) < 4.78 is 12.7. The fraction of sp³-hybridized carbons (Fsp3) is 0.650. The zero-order valence-corrected chi connectivity index (χ0v) is 17.6. The second-order valence-electron chi connectivity index (χ2n) is 7.60. The van der Waals surface area contributed by atoms with Gasteiger partial charge in [0.1, 0.15) is 0 Å². The third-order valence-corrected chi connectivity index (χ3v) is 7.05. The Morgan fingerprint density at radius 3 is 3.00 bits per heavy atom. The molecule has 0 aliphatic heterocycles. The lowest BCUT2D eigenvalue weighted by Crippen LogP contribution is -2.41. The van der Waals surface area contributed by atoms with Crippen molar-refractivity contribution >= 4 is 22.4 Å². The number of nitrogens with zero attached hydrogens (tertiary/aromatic N) is 4. The second-order valence-corrected chi connectivity index (χ2v) is 8.66. The van der Waals surface area contributed by atoms with Crippen molar-refractivity contribution in [3.05, 3.63) is 16.8 Å². The number of aromatic nitrogens is 3. The number of ether oxygens (including phenoxy) is 2. The monoisotopic (exact) mass is 404 g/mol. The summed E-state index contributed by atoms with van der Waals surface area (Å²) in [6.45, 7) is 1.02. The molecular weight excluding hydrogens is 376 g/mol. The summed E-state index contributed by atoms with van der Waals surface area (Å²) in [6, 6.07) is 0. The topological polar surface area (TPSA) is 69.5 Å². The molecule has 7 nitrogen and oxygen atoms in total. The highest BCUT2D eigenvalue weighted by molar-refractivity contribution is 7.16. The number of anilines is 1. The molecule has 0 bridgehead atoms. The van der Waals surface area contributed by atoms with E-state index >= 15 is 0 Å². The molecule has 4 rings (SSSR count). The molecule has 2 atom stereocenters. The van der Waals surface area contributed by atoms with Crippen LogP contribution in [0.1, 0.15) is 36.3 Å². The second kappa shape index (κ2) is 8.31. The van der Waals surface area contributed by atoms with Crippen molar-refractivity contribution in [2.75, 3.05) is 32.3 Å². The molecule has 2 heterocycles. The van der Waals surface area contributed by atoms with Crippen molar-refractivity contribution in [2.45, 2.75) is 44.6 Å². The van der Waals surface area contributed by atoms with Crippen molar-refractivity contribution < 1.29 is 14.3 Å². The molecule has 0 radical (unpaired) electrons. The van der Waals surface area contributed by atoms with Crippen molar-refractivity contribution in [1.82, 2.24) is 14.8 Å². The summed E-state index contributed by atoms with van der Waals surface area (Å²) in [6.07, 6.45) is 7.74. The standard InChI is InChI=1S/C20H28N4O3S/c1-23-16-7-8-17-18(15(16)12-21-23)22-20(28-17)24(9-10-26-2)19(25)13-5-4-6-14(11-13)27-3/h12-14H,4-11H2,1-3H3/t13-,14+/m0/s1. The van der Waals surface area contributed by atoms with E-state index in [9.17, 15) is 4.79 Å². The highest BCUT2D eigenvalue weighted by atomic mass is 32.1. The molecule has 1 saturated carbocycles. The number of aryl methyl sites for hydroxylation is 2. The van der Waals surface area contributed by atoms with Crippen LogP contribution in [0.15, 0.2) is 6.20 Å². The van der Waals surface area contributed by atoms with Gasteiger partial charge in [0.25, 0.3) is 0 Å². The molecule has 0 aromatic carbocycles. The summed E-state index contributed by atoms with van der Waals surface area (Å²) in [5.74, 6) is 0.141. The van der Waals surface area contributed by atoms with Crippen LogP contribution < -0.4 is 4.90 Å². The van der Waals surface area contributed by atoms with Gasteiger partial charge < -0.3 is 9.47 Å². The van der Waals surface area contributed by atoms with Gasteiger partial charge in [-0.05, 0) is 32.1 Å². The summed E-state index contributed by atoms with van der Waals surface area (Å²) in [5.41, 5.74) is 3.31. The third-order valence-electron chi connectivity index (χ3n) is 5.92. The van der Waals surface area contributed by atoms with Crippen LogP contribution in [0.3, 0.4) is 0 Å². The average Bonchev–Trinajstić information content (AvgIpc) is 3.31. The lowest BCUT2D eigenvalue weighted by atomic mass is 9.86. The molecule has 0 N–H and O–H groups in total. The maximum absolute atomic E-state index is 13.4. The zero-order valence-electron chi connectivity index (χ0n) is 16.8. The number of carbonyl (C=O) groups is 1. The van der Waals surface area contributed by atoms with E-state index in [1.807, 2.05) is 22.8 Å². The van der Waals surface area contributed by atoms with Gasteiger partial charge in [-0.2, -0.15) is 5.10 Å². The Bertz CT molecular complexity index is 847. The highest BCUT2D eigenvalue weighted by Gasteiger charge is 2.33. The first-order chi connectivity index (χ1) is 13.6. The van der Waals surface area contributed by atoms with Gasteiger partial charge in [-0.25, -0.2) is 4.98 Å². The van der Waals surface area contributed by atoms with E-state index in [0.29, 0.717) is 13.2 Å². The van der Waals surface area contributed by atoms with Crippen LogP contribution in [0.25, 0.3) is 11.3 Å². The Morgan fingerprint density at radius 2 is 2.21 bits per heavy atom. The number of methoxy groups -OCH3 is 2. The molecule has 8 heteroatoms. The largest absolute Gasteiger partial charge is 0.383 e. The molecule has 0 spiro atoms. The minimum Gasteiger partial charge on any atom is -0.383 e. The summed E-state index contributed by atoms with van der Waals surface area (Å²) in [7, 11) is 5.38. The van der Waals surface area contributed by atoms with E-state index < -0.39 is 0 Å². The van der Waals surface area contributed by atoms with E-state index in [2.05, 4.69) is 5.10 Å². The fourth-order valence-corrected chi connectivity index (χ4v) is 5.42. The van der Waals surface area contributed by atoms with Crippen molar-refractivity contribution in [3.8, 4) is 11.3 Å². The first-order valence-electron chi connectivity index (χ1n) is 9.96. The Hall–Kier alpha value is -1.77. The molecule has 2 aliphatic rings. The smallest absolute Gasteiger partial charge is 0.232 e. The molecule has 1 fully saturated rings. The van der Waals surface area contributed by atoms with Crippen LogP contribution in [-0.4, -0.2) is 54.1 Å². The van der Waals surface area contributed by atoms with Crippen LogP contribution in [0.4, 0.5) is 5.13 Å². The molecule has 152 valence electrons. The fourth-order valence-electron chi connectivity index (χ4n) is 4.31. The number of fused-ring (bicyclic) bond motifs is 3. The highest BCUT2D eigenvalue weighted by Crippen LogP contribution is 2.40. The van der Waals surface area contributed by atoms with Gasteiger partial charge in [0, 0.05) is 43.3 Å². The number of carbonyl (C=O) groups excluding carboxylic acids is 1. The Balaban J connectivity index is 1.62. The van der Waals surface area contributed by atoms with Gasteiger partial charge >= 0.3 is 0 Å². The molecule has 2 aromatic rings. The van der Waals surface area contributed by atoms with Crippen molar-refractivity contribution in [2.24, 2.45) is 13.0 Å². The van der Waals surface area contributed by atoms with Crippen LogP contribution in [0.5, 0.6) is 0 Å². The zero-order chi connectivity index (χ0) is 19.7. The maximum atomic E-state index is 13.4. The van der Waals surface area contributed by atoms with E-state index in [4.69, 9.17) is 14.5 Å². The van der Waals surface area contributed by atoms with Gasteiger partial charge in [0.15, 0.2) is 5.13 Å². The number of rotatable bonds is 6. The summed E-state index contributed by atoms with van der Waals surface area (Å²) in [4.78, 5) is 21.4. The quantitative estimate of drug-likeness (QED) is 0.740. The van der Waals surface area contributed by atoms with E-state index in [-0.39, 0.29) is 17.9 Å². The predicted molar refractivity (Wildman–Crippen MR) is 109 cm³/mol. The Morgan fingerprint density at radius 1 is 1.36 bits per heavy atom. The summed E-state index contributed by atoms with van der Waals surface area (Å²) in [5, 5.41) is 5.17. The van der Waals surface area contributed by atoms with E-state index in [0.717, 1.165) is 54.9 Å². The van der Waals surface area contributed by atoms with Gasteiger partial charge in [-0.3, -0.25) is 14.4 Å². The molecule has 0 unspecified atom stereocenters. The van der Waals surface area contributed by atoms with Gasteiger partial charge in [0.2, 0.25) is 5.91 Å². The molecule has 1 amide bonds. The maximum Gasteiger partial charge on any atom is 0.232 e. The summed E-state index contributed by atoms with van der Waals surface area (Å²) >= 11 is 1.64. The van der Waals surface area contributed by atoms with Crippen LogP contribution in [-0.2, 0) is 34.2 Å². The third kappa shape index (κ3) is 3.60. The first kappa shape index (κ1) is 19.5.